The first-order valence-electron chi connectivity index (χ1n) is 7.78. The summed E-state index contributed by atoms with van der Waals surface area (Å²) >= 11 is 0. The molecule has 0 bridgehead atoms. The van der Waals surface area contributed by atoms with Gasteiger partial charge in [-0.1, -0.05) is 6.07 Å². The lowest BCUT2D eigenvalue weighted by Gasteiger charge is -2.20. The van der Waals surface area contributed by atoms with Gasteiger partial charge in [-0.2, -0.15) is 0 Å². The molecule has 0 fully saturated rings. The Balaban J connectivity index is 0.00000576. The minimum Gasteiger partial charge on any atom is -0.489 e. The van der Waals surface area contributed by atoms with Crippen molar-refractivity contribution in [2.75, 3.05) is 20.1 Å². The third-order valence-corrected chi connectivity index (χ3v) is 2.73. The lowest BCUT2D eigenvalue weighted by Crippen LogP contribution is -2.44. The van der Waals surface area contributed by atoms with Crippen LogP contribution >= 0.6 is 24.0 Å². The second kappa shape index (κ2) is 11.1. The summed E-state index contributed by atoms with van der Waals surface area (Å²) in [5, 5.41) is 5.90. The van der Waals surface area contributed by atoms with E-state index in [9.17, 15) is 9.18 Å². The maximum Gasteiger partial charge on any atom is 0.325 e. The van der Waals surface area contributed by atoms with Gasteiger partial charge in [-0.25, -0.2) is 4.39 Å². The van der Waals surface area contributed by atoms with Crippen LogP contribution in [0, 0.1) is 5.82 Å². The molecule has 0 saturated heterocycles. The van der Waals surface area contributed by atoms with E-state index in [0.717, 1.165) is 0 Å². The normalized spacial score (nSPS) is 12.6. The number of esters is 1. The van der Waals surface area contributed by atoms with Gasteiger partial charge in [0.25, 0.3) is 0 Å². The van der Waals surface area contributed by atoms with E-state index in [2.05, 4.69) is 15.6 Å². The standard InChI is InChI=1S/C17H26FN3O3.HI/c1-12(23-14-8-6-7-13(18)9-14)10-20-16(19-5)21-11-15(22)24-17(2,3)4;/h6-9,12H,10-11H2,1-5H3,(H2,19,20,21);1H. The van der Waals surface area contributed by atoms with Crippen LogP contribution in [0.4, 0.5) is 4.39 Å². The average Bonchev–Trinajstić information content (AvgIpc) is 2.45. The highest BCUT2D eigenvalue weighted by Crippen LogP contribution is 2.13. The minimum atomic E-state index is -0.525. The molecule has 142 valence electrons. The van der Waals surface area contributed by atoms with E-state index in [1.54, 1.807) is 19.2 Å². The van der Waals surface area contributed by atoms with E-state index in [1.165, 1.54) is 12.1 Å². The summed E-state index contributed by atoms with van der Waals surface area (Å²) in [6.45, 7) is 7.72. The molecule has 0 aliphatic heterocycles. The molecule has 0 radical (unpaired) electrons. The Hall–Kier alpha value is -1.58. The Kier molecular flexibility index (Phi) is 10.4. The van der Waals surface area contributed by atoms with Crippen molar-refractivity contribution in [2.24, 2.45) is 4.99 Å². The monoisotopic (exact) mass is 467 g/mol. The average molecular weight is 467 g/mol. The fourth-order valence-corrected chi connectivity index (χ4v) is 1.81. The Bertz CT molecular complexity index is 577. The second-order valence-electron chi connectivity index (χ2n) is 6.28. The van der Waals surface area contributed by atoms with Crippen molar-refractivity contribution in [1.29, 1.82) is 0 Å². The van der Waals surface area contributed by atoms with Crippen molar-refractivity contribution in [2.45, 2.75) is 39.4 Å². The molecule has 1 unspecified atom stereocenters. The van der Waals surface area contributed by atoms with Gasteiger partial charge in [-0.05, 0) is 39.8 Å². The van der Waals surface area contributed by atoms with Gasteiger partial charge in [0, 0.05) is 13.1 Å². The van der Waals surface area contributed by atoms with Crippen molar-refractivity contribution < 1.29 is 18.7 Å². The number of halogens is 2. The number of benzene rings is 1. The topological polar surface area (TPSA) is 72.0 Å². The molecular weight excluding hydrogens is 440 g/mol. The van der Waals surface area contributed by atoms with Gasteiger partial charge in [-0.3, -0.25) is 9.79 Å². The Morgan fingerprint density at radius 1 is 1.32 bits per heavy atom. The highest BCUT2D eigenvalue weighted by Gasteiger charge is 2.16. The van der Waals surface area contributed by atoms with E-state index in [1.807, 2.05) is 27.7 Å². The summed E-state index contributed by atoms with van der Waals surface area (Å²) in [6.07, 6.45) is -0.216. The van der Waals surface area contributed by atoms with Crippen molar-refractivity contribution in [3.8, 4) is 5.75 Å². The lowest BCUT2D eigenvalue weighted by molar-refractivity contribution is -0.153. The largest absolute Gasteiger partial charge is 0.489 e. The van der Waals surface area contributed by atoms with E-state index in [-0.39, 0.29) is 48.4 Å². The Morgan fingerprint density at radius 3 is 2.56 bits per heavy atom. The molecule has 1 aromatic rings. The highest BCUT2D eigenvalue weighted by molar-refractivity contribution is 14.0. The Morgan fingerprint density at radius 2 is 2.00 bits per heavy atom. The molecule has 1 rings (SSSR count). The number of carbonyl (C=O) groups is 1. The molecule has 0 spiro atoms. The van der Waals surface area contributed by atoms with Gasteiger partial charge in [0.05, 0.1) is 6.54 Å². The van der Waals surface area contributed by atoms with E-state index < -0.39 is 5.60 Å². The molecule has 0 aliphatic rings. The van der Waals surface area contributed by atoms with Gasteiger partial charge < -0.3 is 20.1 Å². The number of guanidine groups is 1. The van der Waals surface area contributed by atoms with Crippen molar-refractivity contribution >= 4 is 35.9 Å². The third kappa shape index (κ3) is 10.8. The molecule has 1 aromatic carbocycles. The van der Waals surface area contributed by atoms with Crippen LogP contribution in [0.5, 0.6) is 5.75 Å². The van der Waals surface area contributed by atoms with Crippen LogP contribution in [0.1, 0.15) is 27.7 Å². The number of hydrogen-bond acceptors (Lipinski definition) is 4. The highest BCUT2D eigenvalue weighted by atomic mass is 127. The summed E-state index contributed by atoms with van der Waals surface area (Å²) in [5.74, 6) is 0.202. The van der Waals surface area contributed by atoms with E-state index >= 15 is 0 Å². The fourth-order valence-electron chi connectivity index (χ4n) is 1.81. The summed E-state index contributed by atoms with van der Waals surface area (Å²) in [4.78, 5) is 15.7. The minimum absolute atomic E-state index is 0. The summed E-state index contributed by atoms with van der Waals surface area (Å²) < 4.78 is 23.9. The van der Waals surface area contributed by atoms with Gasteiger partial charge in [0.2, 0.25) is 0 Å². The predicted molar refractivity (Wildman–Crippen MR) is 107 cm³/mol. The summed E-state index contributed by atoms with van der Waals surface area (Å²) in [7, 11) is 1.60. The number of nitrogens with zero attached hydrogens (tertiary/aromatic N) is 1. The van der Waals surface area contributed by atoms with E-state index in [0.29, 0.717) is 18.3 Å². The molecule has 0 saturated carbocycles. The Labute approximate surface area is 165 Å². The zero-order valence-corrected chi connectivity index (χ0v) is 17.6. The van der Waals surface area contributed by atoms with E-state index in [4.69, 9.17) is 9.47 Å². The maximum atomic E-state index is 13.1. The van der Waals surface area contributed by atoms with Gasteiger partial charge in [0.15, 0.2) is 5.96 Å². The van der Waals surface area contributed by atoms with Crippen molar-refractivity contribution in [3.63, 3.8) is 0 Å². The molecule has 1 atom stereocenters. The molecule has 8 heteroatoms. The van der Waals surface area contributed by atoms with Crippen LogP contribution in [-0.4, -0.2) is 43.8 Å². The van der Waals surface area contributed by atoms with Crippen LogP contribution in [0.2, 0.25) is 0 Å². The summed E-state index contributed by atoms with van der Waals surface area (Å²) in [5.41, 5.74) is -0.525. The zero-order valence-electron chi connectivity index (χ0n) is 15.3. The first-order valence-corrected chi connectivity index (χ1v) is 7.78. The zero-order chi connectivity index (χ0) is 18.2. The number of aliphatic imine (C=N–C) groups is 1. The predicted octanol–water partition coefficient (Wildman–Crippen LogP) is 2.72. The number of hydrogen-bond donors (Lipinski definition) is 2. The summed E-state index contributed by atoms with van der Waals surface area (Å²) in [6, 6.07) is 5.96. The quantitative estimate of drug-likeness (QED) is 0.292. The van der Waals surface area contributed by atoms with Crippen molar-refractivity contribution in [1.82, 2.24) is 10.6 Å². The molecule has 6 nitrogen and oxygen atoms in total. The lowest BCUT2D eigenvalue weighted by atomic mass is 10.2. The molecule has 0 aliphatic carbocycles. The van der Waals surface area contributed by atoms with Crippen LogP contribution in [-0.2, 0) is 9.53 Å². The van der Waals surface area contributed by atoms with Gasteiger partial charge in [-0.15, -0.1) is 24.0 Å². The van der Waals surface area contributed by atoms with Gasteiger partial charge in [0.1, 0.15) is 29.8 Å². The molecule has 0 aromatic heterocycles. The fraction of sp³-hybridized carbons (Fsp3) is 0.529. The number of nitrogens with one attached hydrogen (secondary N) is 2. The van der Waals surface area contributed by atoms with Crippen LogP contribution in [0.3, 0.4) is 0 Å². The smallest absolute Gasteiger partial charge is 0.325 e. The molecular formula is C17H27FIN3O3. The van der Waals surface area contributed by atoms with Gasteiger partial charge >= 0.3 is 5.97 Å². The maximum absolute atomic E-state index is 13.1. The van der Waals surface area contributed by atoms with Crippen molar-refractivity contribution in [3.05, 3.63) is 30.1 Å². The first kappa shape index (κ1) is 23.4. The molecule has 25 heavy (non-hydrogen) atoms. The first-order chi connectivity index (χ1) is 11.2. The van der Waals surface area contributed by atoms with Crippen LogP contribution in [0.25, 0.3) is 0 Å². The number of ether oxygens (including phenoxy) is 2. The SMILES string of the molecule is CN=C(NCC(=O)OC(C)(C)C)NCC(C)Oc1cccc(F)c1.I. The number of rotatable bonds is 6. The second-order valence-corrected chi connectivity index (χ2v) is 6.28. The molecule has 2 N–H and O–H groups in total. The third-order valence-electron chi connectivity index (χ3n) is 2.73. The molecule has 0 amide bonds. The molecule has 0 heterocycles. The number of carbonyl (C=O) groups excluding carboxylic acids is 1. The van der Waals surface area contributed by atoms with Crippen LogP contribution in [0.15, 0.2) is 29.3 Å². The van der Waals surface area contributed by atoms with Crippen LogP contribution < -0.4 is 15.4 Å².